The minimum absolute atomic E-state index is 0.344. The van der Waals surface area contributed by atoms with Crippen LogP contribution < -0.4 is 0 Å². The molecule has 0 aliphatic carbocycles. The quantitative estimate of drug-likeness (QED) is 0.275. The van der Waals surface area contributed by atoms with Gasteiger partial charge in [0.2, 0.25) is 0 Å². The summed E-state index contributed by atoms with van der Waals surface area (Å²) in [5.74, 6) is 0. The first-order valence-corrected chi connectivity index (χ1v) is 7.22. The number of hydrogen-bond acceptors (Lipinski definition) is 6. The van der Waals surface area contributed by atoms with Crippen molar-refractivity contribution in [3.8, 4) is 0 Å². The second-order valence-electron chi connectivity index (χ2n) is 3.45. The van der Waals surface area contributed by atoms with Gasteiger partial charge in [-0.2, -0.15) is 0 Å². The van der Waals surface area contributed by atoms with Gasteiger partial charge in [-0.1, -0.05) is 40.0 Å². The zero-order valence-electron chi connectivity index (χ0n) is 12.4. The second-order valence-corrected chi connectivity index (χ2v) is 3.45. The van der Waals surface area contributed by atoms with Crippen LogP contribution in [0.1, 0.15) is 59.3 Å². The number of rotatable bonds is 8. The Morgan fingerprint density at radius 1 is 0.789 bits per heavy atom. The van der Waals surface area contributed by atoms with Crippen molar-refractivity contribution in [2.45, 2.75) is 59.3 Å². The van der Waals surface area contributed by atoms with Crippen LogP contribution in [0.25, 0.3) is 0 Å². The molecule has 0 heterocycles. The van der Waals surface area contributed by atoms with Crippen molar-refractivity contribution >= 4 is 0 Å². The average molecular weight is 318 g/mol. The molecular formula is C12H30O6Ti. The van der Waals surface area contributed by atoms with E-state index in [1.807, 2.05) is 13.8 Å². The first-order valence-electron chi connectivity index (χ1n) is 6.58. The molecule has 0 aliphatic rings. The summed E-state index contributed by atoms with van der Waals surface area (Å²) in [7, 11) is 0. The Bertz CT molecular complexity index is 90.2. The molecule has 0 aromatic carbocycles. The second kappa shape index (κ2) is 42.9. The molecule has 0 aliphatic heterocycles. The molecule has 118 valence electrons. The van der Waals surface area contributed by atoms with E-state index in [-0.39, 0.29) is 0 Å². The van der Waals surface area contributed by atoms with Crippen molar-refractivity contribution in [1.29, 1.82) is 0 Å². The van der Waals surface area contributed by atoms with Gasteiger partial charge in [-0.3, -0.25) is 10.5 Å². The maximum atomic E-state index is 8.25. The van der Waals surface area contributed by atoms with Gasteiger partial charge >= 0.3 is 23.7 Å². The van der Waals surface area contributed by atoms with E-state index in [0.29, 0.717) is 19.8 Å². The van der Waals surface area contributed by atoms with Gasteiger partial charge in [-0.25, -0.2) is 9.78 Å². The molecule has 0 spiro atoms. The Balaban J connectivity index is -0.0000000835. The molecule has 0 saturated carbocycles. The Morgan fingerprint density at radius 3 is 1.16 bits per heavy atom. The molecule has 0 atom stereocenters. The molecule has 6 nitrogen and oxygen atoms in total. The molecular weight excluding hydrogens is 288 g/mol. The number of aliphatic hydroxyl groups excluding tert-OH is 1. The fourth-order valence-electron chi connectivity index (χ4n) is 0.576. The molecule has 3 N–H and O–H groups in total. The summed E-state index contributed by atoms with van der Waals surface area (Å²) < 4.78 is 8.25. The van der Waals surface area contributed by atoms with Crippen LogP contribution in [0.5, 0.6) is 0 Å². The predicted octanol–water partition coefficient (Wildman–Crippen LogP) is 3.21. The van der Waals surface area contributed by atoms with Crippen LogP contribution in [0.15, 0.2) is 0 Å². The number of hydrogen-bond donors (Lipinski definition) is 3. The normalized spacial score (nSPS) is 8.05. The van der Waals surface area contributed by atoms with Crippen LogP contribution in [0.2, 0.25) is 0 Å². The minimum atomic E-state index is 0.344. The molecule has 0 bridgehead atoms. The van der Waals surface area contributed by atoms with Gasteiger partial charge < -0.3 is 5.11 Å². The number of unbranched alkanes of at least 4 members (excludes halogenated alkanes) is 3. The molecule has 0 fully saturated rings. The Hall–Kier alpha value is 0.314. The van der Waals surface area contributed by atoms with Crippen LogP contribution in [-0.2, 0) is 33.5 Å². The maximum absolute atomic E-state index is 8.25. The zero-order chi connectivity index (χ0) is 15.8. The first kappa shape index (κ1) is 27.6. The molecule has 19 heavy (non-hydrogen) atoms. The third-order valence-electron chi connectivity index (χ3n) is 1.69. The van der Waals surface area contributed by atoms with Crippen LogP contribution in [0, 0.1) is 0 Å². The summed E-state index contributed by atoms with van der Waals surface area (Å²) in [5, 5.41) is 23.5. The van der Waals surface area contributed by atoms with Crippen molar-refractivity contribution in [3.63, 3.8) is 0 Å². The Morgan fingerprint density at radius 2 is 1.11 bits per heavy atom. The molecule has 0 saturated heterocycles. The molecule has 0 rings (SSSR count). The van der Waals surface area contributed by atoms with E-state index in [0.717, 1.165) is 58.9 Å². The van der Waals surface area contributed by atoms with Crippen molar-refractivity contribution in [2.75, 3.05) is 19.8 Å². The van der Waals surface area contributed by atoms with Gasteiger partial charge in [0.25, 0.3) is 0 Å². The summed E-state index contributed by atoms with van der Waals surface area (Å²) in [4.78, 5) is 7.56. The Kier molecular flexibility index (Phi) is 62.4. The van der Waals surface area contributed by atoms with Gasteiger partial charge in [0.05, 0.1) is 13.2 Å². The van der Waals surface area contributed by atoms with E-state index in [1.165, 1.54) is 0 Å². The standard InChI is InChI=1S/2C4H10O2.C4H10O.O.Ti/c2*1-2-3-4-6-5;1-2-3-4-5;;/h2*5H,2-4H2,1H3;5H,2-4H2,1H3;;. The summed E-state index contributed by atoms with van der Waals surface area (Å²) in [6.45, 7) is 7.41. The molecule has 0 aromatic heterocycles. The molecule has 0 amide bonds. The fraction of sp³-hybridized carbons (Fsp3) is 1.00. The molecule has 7 heteroatoms. The van der Waals surface area contributed by atoms with Gasteiger partial charge in [0.15, 0.2) is 0 Å². The molecule has 0 radical (unpaired) electrons. The fourth-order valence-corrected chi connectivity index (χ4v) is 0.576. The number of aliphatic hydroxyl groups is 1. The topological polar surface area (TPSA) is 96.2 Å². The van der Waals surface area contributed by atoms with Crippen LogP contribution in [-0.4, -0.2) is 35.4 Å². The third-order valence-corrected chi connectivity index (χ3v) is 1.69. The van der Waals surface area contributed by atoms with Crippen molar-refractivity contribution in [1.82, 2.24) is 0 Å². The van der Waals surface area contributed by atoms with E-state index in [9.17, 15) is 0 Å². The Labute approximate surface area is 128 Å². The first-order chi connectivity index (χ1) is 9.24. The van der Waals surface area contributed by atoms with Crippen molar-refractivity contribution < 1.29 is 49.1 Å². The van der Waals surface area contributed by atoms with E-state index < -0.39 is 0 Å². The average Bonchev–Trinajstić information content (AvgIpc) is 2.47. The van der Waals surface area contributed by atoms with Gasteiger partial charge in [0, 0.05) is 6.61 Å². The summed E-state index contributed by atoms with van der Waals surface area (Å²) in [6.07, 6.45) is 6.06. The van der Waals surface area contributed by atoms with E-state index >= 15 is 0 Å². The van der Waals surface area contributed by atoms with Crippen LogP contribution in [0.3, 0.4) is 0 Å². The van der Waals surface area contributed by atoms with Gasteiger partial charge in [-0.15, -0.1) is 0 Å². The molecule has 0 unspecified atom stereocenters. The summed E-state index contributed by atoms with van der Waals surface area (Å²) in [5.41, 5.74) is 0. The predicted molar refractivity (Wildman–Crippen MR) is 69.7 cm³/mol. The summed E-state index contributed by atoms with van der Waals surface area (Å²) in [6, 6.07) is 0. The van der Waals surface area contributed by atoms with Crippen LogP contribution >= 0.6 is 0 Å². The SMILES string of the molecule is CCCCO.CCCCOO.CCCCOO.[O]=[Ti]. The van der Waals surface area contributed by atoms with Crippen molar-refractivity contribution in [3.05, 3.63) is 0 Å². The molecule has 0 aromatic rings. The van der Waals surface area contributed by atoms with Crippen LogP contribution in [0.4, 0.5) is 0 Å². The van der Waals surface area contributed by atoms with Gasteiger partial charge in [-0.05, 0) is 19.3 Å². The van der Waals surface area contributed by atoms with E-state index in [1.54, 1.807) is 0 Å². The van der Waals surface area contributed by atoms with Gasteiger partial charge in [0.1, 0.15) is 0 Å². The zero-order valence-corrected chi connectivity index (χ0v) is 14.0. The monoisotopic (exact) mass is 318 g/mol. The summed E-state index contributed by atoms with van der Waals surface area (Å²) >= 11 is 0.750. The van der Waals surface area contributed by atoms with E-state index in [4.69, 9.17) is 18.9 Å². The van der Waals surface area contributed by atoms with E-state index in [2.05, 4.69) is 16.7 Å². The van der Waals surface area contributed by atoms with Crippen molar-refractivity contribution in [2.24, 2.45) is 0 Å². The third kappa shape index (κ3) is 70.5.